The summed E-state index contributed by atoms with van der Waals surface area (Å²) in [6, 6.07) is 2.30. The van der Waals surface area contributed by atoms with Crippen molar-refractivity contribution in [1.82, 2.24) is 10.3 Å². The molecule has 1 aliphatic rings. The van der Waals surface area contributed by atoms with Crippen molar-refractivity contribution < 1.29 is 0 Å². The highest BCUT2D eigenvalue weighted by atomic mass is 14.9. The van der Waals surface area contributed by atoms with Crippen molar-refractivity contribution in [3.8, 4) is 0 Å². The van der Waals surface area contributed by atoms with Gasteiger partial charge in [0.05, 0.1) is 0 Å². The van der Waals surface area contributed by atoms with Crippen molar-refractivity contribution in [2.45, 2.75) is 32.7 Å². The van der Waals surface area contributed by atoms with E-state index in [1.165, 1.54) is 23.2 Å². The van der Waals surface area contributed by atoms with E-state index in [1.807, 2.05) is 6.20 Å². The van der Waals surface area contributed by atoms with Gasteiger partial charge >= 0.3 is 0 Å². The molecule has 1 N–H and O–H groups in total. The van der Waals surface area contributed by atoms with Gasteiger partial charge < -0.3 is 5.32 Å². The van der Waals surface area contributed by atoms with Gasteiger partial charge in [-0.3, -0.25) is 4.98 Å². The molecule has 0 saturated carbocycles. The summed E-state index contributed by atoms with van der Waals surface area (Å²) in [5.74, 6) is 0. The van der Waals surface area contributed by atoms with E-state index < -0.39 is 0 Å². The molecule has 1 aliphatic heterocycles. The summed E-state index contributed by atoms with van der Waals surface area (Å²) >= 11 is 0. The number of rotatable bonds is 2. The molecule has 2 heterocycles. The lowest BCUT2D eigenvalue weighted by atomic mass is 10.0. The minimum absolute atomic E-state index is 1.000. The highest BCUT2D eigenvalue weighted by Gasteiger charge is 2.09. The Morgan fingerprint density at radius 1 is 1.54 bits per heavy atom. The fourth-order valence-corrected chi connectivity index (χ4v) is 1.82. The summed E-state index contributed by atoms with van der Waals surface area (Å²) < 4.78 is 0. The third-order valence-corrected chi connectivity index (χ3v) is 2.51. The van der Waals surface area contributed by atoms with Crippen LogP contribution in [0.4, 0.5) is 0 Å². The zero-order chi connectivity index (χ0) is 9.10. The fraction of sp³-hybridized carbons (Fsp3) is 0.545. The van der Waals surface area contributed by atoms with Gasteiger partial charge in [0.15, 0.2) is 0 Å². The van der Waals surface area contributed by atoms with Crippen molar-refractivity contribution in [2.75, 3.05) is 6.54 Å². The lowest BCUT2D eigenvalue weighted by molar-refractivity contribution is 0.628. The third kappa shape index (κ3) is 1.89. The van der Waals surface area contributed by atoms with Gasteiger partial charge in [-0.25, -0.2) is 0 Å². The van der Waals surface area contributed by atoms with Crippen molar-refractivity contribution >= 4 is 0 Å². The van der Waals surface area contributed by atoms with Crippen LogP contribution in [-0.2, 0) is 19.4 Å². The zero-order valence-corrected chi connectivity index (χ0v) is 8.14. The number of aryl methyl sites for hydroxylation is 1. The Kier molecular flexibility index (Phi) is 2.60. The summed E-state index contributed by atoms with van der Waals surface area (Å²) in [5, 5.41) is 3.37. The molecule has 0 bridgehead atoms. The third-order valence-electron chi connectivity index (χ3n) is 2.51. The first-order valence-electron chi connectivity index (χ1n) is 5.07. The van der Waals surface area contributed by atoms with Gasteiger partial charge in [-0.05, 0) is 17.5 Å². The van der Waals surface area contributed by atoms with Crippen LogP contribution in [0, 0.1) is 0 Å². The number of nitrogens with zero attached hydrogens (tertiary/aromatic N) is 1. The van der Waals surface area contributed by atoms with E-state index >= 15 is 0 Å². The molecule has 0 aliphatic carbocycles. The largest absolute Gasteiger partial charge is 0.312 e. The first kappa shape index (κ1) is 8.70. The number of fused-ring (bicyclic) bond motifs is 1. The van der Waals surface area contributed by atoms with E-state index in [0.717, 1.165) is 25.9 Å². The van der Waals surface area contributed by atoms with E-state index in [1.54, 1.807) is 0 Å². The first-order valence-corrected chi connectivity index (χ1v) is 5.07. The molecule has 0 radical (unpaired) electrons. The molecule has 2 rings (SSSR count). The molecule has 0 fully saturated rings. The molecule has 0 unspecified atom stereocenters. The molecule has 2 nitrogen and oxygen atoms in total. The van der Waals surface area contributed by atoms with E-state index in [9.17, 15) is 0 Å². The normalized spacial score (nSPS) is 15.5. The van der Waals surface area contributed by atoms with Crippen LogP contribution in [0.1, 0.15) is 30.2 Å². The van der Waals surface area contributed by atoms with E-state index in [4.69, 9.17) is 0 Å². The second-order valence-electron chi connectivity index (χ2n) is 3.63. The van der Waals surface area contributed by atoms with Crippen LogP contribution in [0.15, 0.2) is 12.3 Å². The van der Waals surface area contributed by atoms with Crippen LogP contribution < -0.4 is 5.32 Å². The SMILES string of the molecule is CCCc1cnc2c(c1)CNCC2. The molecule has 0 amide bonds. The highest BCUT2D eigenvalue weighted by molar-refractivity contribution is 5.27. The Hall–Kier alpha value is -0.890. The summed E-state index contributed by atoms with van der Waals surface area (Å²) in [7, 11) is 0. The molecule has 1 aromatic rings. The highest BCUT2D eigenvalue weighted by Crippen LogP contribution is 2.13. The predicted octanol–water partition coefficient (Wildman–Crippen LogP) is 1.68. The smallest absolute Gasteiger partial charge is 0.0461 e. The van der Waals surface area contributed by atoms with Gasteiger partial charge in [-0.1, -0.05) is 19.4 Å². The summed E-state index contributed by atoms with van der Waals surface area (Å²) in [6.45, 7) is 4.28. The maximum atomic E-state index is 4.50. The summed E-state index contributed by atoms with van der Waals surface area (Å²) in [5.41, 5.74) is 4.07. The molecule has 2 heteroatoms. The number of pyridine rings is 1. The lowest BCUT2D eigenvalue weighted by Gasteiger charge is -2.16. The van der Waals surface area contributed by atoms with Crippen LogP contribution in [-0.4, -0.2) is 11.5 Å². The van der Waals surface area contributed by atoms with Gasteiger partial charge in [0.25, 0.3) is 0 Å². The van der Waals surface area contributed by atoms with Crippen LogP contribution >= 0.6 is 0 Å². The minimum Gasteiger partial charge on any atom is -0.312 e. The van der Waals surface area contributed by atoms with Gasteiger partial charge in [0, 0.05) is 31.4 Å². The average Bonchev–Trinajstić information content (AvgIpc) is 2.18. The van der Waals surface area contributed by atoms with Crippen molar-refractivity contribution in [1.29, 1.82) is 0 Å². The van der Waals surface area contributed by atoms with Crippen molar-refractivity contribution in [2.24, 2.45) is 0 Å². The van der Waals surface area contributed by atoms with E-state index in [2.05, 4.69) is 23.3 Å². The molecule has 70 valence electrons. The van der Waals surface area contributed by atoms with Gasteiger partial charge in [0.2, 0.25) is 0 Å². The molecule has 0 saturated heterocycles. The number of nitrogens with one attached hydrogen (secondary N) is 1. The fourth-order valence-electron chi connectivity index (χ4n) is 1.82. The Morgan fingerprint density at radius 2 is 2.46 bits per heavy atom. The van der Waals surface area contributed by atoms with Crippen LogP contribution in [0.2, 0.25) is 0 Å². The molecular weight excluding hydrogens is 160 g/mol. The number of hydrogen-bond donors (Lipinski definition) is 1. The Morgan fingerprint density at radius 3 is 3.31 bits per heavy atom. The molecule has 0 aromatic carbocycles. The van der Waals surface area contributed by atoms with Gasteiger partial charge in [0.1, 0.15) is 0 Å². The zero-order valence-electron chi connectivity index (χ0n) is 8.14. The standard InChI is InChI=1S/C11H16N2/c1-2-3-9-6-10-8-12-5-4-11(10)13-7-9/h6-7,12H,2-5,8H2,1H3. The van der Waals surface area contributed by atoms with Crippen molar-refractivity contribution in [3.63, 3.8) is 0 Å². The summed E-state index contributed by atoms with van der Waals surface area (Å²) in [6.07, 6.45) is 5.48. The monoisotopic (exact) mass is 176 g/mol. The van der Waals surface area contributed by atoms with Crippen molar-refractivity contribution in [3.05, 3.63) is 29.1 Å². The van der Waals surface area contributed by atoms with E-state index in [0.29, 0.717) is 0 Å². The molecule has 0 atom stereocenters. The van der Waals surface area contributed by atoms with Gasteiger partial charge in [-0.2, -0.15) is 0 Å². The average molecular weight is 176 g/mol. The van der Waals surface area contributed by atoms with E-state index in [-0.39, 0.29) is 0 Å². The molecule has 0 spiro atoms. The second-order valence-corrected chi connectivity index (χ2v) is 3.63. The molecular formula is C11H16N2. The first-order chi connectivity index (χ1) is 6.40. The maximum Gasteiger partial charge on any atom is 0.0461 e. The quantitative estimate of drug-likeness (QED) is 0.741. The van der Waals surface area contributed by atoms with Crippen LogP contribution in [0.25, 0.3) is 0 Å². The van der Waals surface area contributed by atoms with Gasteiger partial charge in [-0.15, -0.1) is 0 Å². The van der Waals surface area contributed by atoms with Crippen LogP contribution in [0.5, 0.6) is 0 Å². The topological polar surface area (TPSA) is 24.9 Å². The second kappa shape index (κ2) is 3.88. The number of aromatic nitrogens is 1. The molecule has 1 aromatic heterocycles. The lowest BCUT2D eigenvalue weighted by Crippen LogP contribution is -2.24. The minimum atomic E-state index is 1.000. The Balaban J connectivity index is 2.24. The maximum absolute atomic E-state index is 4.50. The predicted molar refractivity (Wildman–Crippen MR) is 53.6 cm³/mol. The van der Waals surface area contributed by atoms with Crippen LogP contribution in [0.3, 0.4) is 0 Å². The number of hydrogen-bond acceptors (Lipinski definition) is 2. The summed E-state index contributed by atoms with van der Waals surface area (Å²) in [4.78, 5) is 4.50. The molecule has 13 heavy (non-hydrogen) atoms. The Bertz CT molecular complexity index is 294. The Labute approximate surface area is 79.4 Å².